The Bertz CT molecular complexity index is 659. The molecule has 0 spiro atoms. The maximum atomic E-state index is 14.0. The third-order valence-electron chi connectivity index (χ3n) is 3.60. The van der Waals surface area contributed by atoms with Crippen LogP contribution in [0.25, 0.3) is 0 Å². The minimum atomic E-state index is -0.532. The summed E-state index contributed by atoms with van der Waals surface area (Å²) in [5.41, 5.74) is 8.56. The van der Waals surface area contributed by atoms with E-state index in [-0.39, 0.29) is 11.1 Å². The highest BCUT2D eigenvalue weighted by molar-refractivity contribution is 6.30. The molecule has 2 unspecified atom stereocenters. The minimum absolute atomic E-state index is 0.0936. The van der Waals surface area contributed by atoms with Crippen LogP contribution in [0.2, 0.25) is 5.02 Å². The van der Waals surface area contributed by atoms with Gasteiger partial charge in [-0.15, -0.1) is 0 Å². The van der Waals surface area contributed by atoms with E-state index < -0.39 is 11.9 Å². The SMILES string of the molecule is CC1Cc2cc(C(N)c3cccc(Cl)c3F)ccc2O1. The molecule has 104 valence electrons. The Hall–Kier alpha value is -1.58. The number of hydrogen-bond donors (Lipinski definition) is 1. The van der Waals surface area contributed by atoms with Crippen molar-refractivity contribution in [3.8, 4) is 5.75 Å². The van der Waals surface area contributed by atoms with Gasteiger partial charge in [0.25, 0.3) is 0 Å². The molecular weight excluding hydrogens is 277 g/mol. The number of benzene rings is 2. The van der Waals surface area contributed by atoms with Gasteiger partial charge in [0.05, 0.1) is 11.1 Å². The summed E-state index contributed by atoms with van der Waals surface area (Å²) < 4.78 is 19.7. The van der Waals surface area contributed by atoms with Crippen LogP contribution in [0.4, 0.5) is 4.39 Å². The van der Waals surface area contributed by atoms with E-state index in [1.165, 1.54) is 6.07 Å². The van der Waals surface area contributed by atoms with Gasteiger partial charge in [-0.3, -0.25) is 0 Å². The second-order valence-corrected chi connectivity index (χ2v) is 5.53. The van der Waals surface area contributed by atoms with Crippen molar-refractivity contribution in [3.63, 3.8) is 0 Å². The van der Waals surface area contributed by atoms with Gasteiger partial charge in [-0.1, -0.05) is 35.9 Å². The zero-order chi connectivity index (χ0) is 14.3. The molecule has 2 N–H and O–H groups in total. The Balaban J connectivity index is 1.97. The Morgan fingerprint density at radius 2 is 2.15 bits per heavy atom. The zero-order valence-corrected chi connectivity index (χ0v) is 11.8. The van der Waals surface area contributed by atoms with Crippen molar-refractivity contribution in [2.24, 2.45) is 5.73 Å². The van der Waals surface area contributed by atoms with E-state index in [0.717, 1.165) is 23.3 Å². The van der Waals surface area contributed by atoms with Gasteiger partial charge in [0.1, 0.15) is 17.7 Å². The van der Waals surface area contributed by atoms with E-state index in [1.54, 1.807) is 12.1 Å². The van der Waals surface area contributed by atoms with Gasteiger partial charge >= 0.3 is 0 Å². The van der Waals surface area contributed by atoms with E-state index in [9.17, 15) is 4.39 Å². The Morgan fingerprint density at radius 3 is 2.95 bits per heavy atom. The molecule has 0 saturated carbocycles. The molecule has 1 aliphatic rings. The van der Waals surface area contributed by atoms with Crippen molar-refractivity contribution in [1.82, 2.24) is 0 Å². The molecule has 4 heteroatoms. The van der Waals surface area contributed by atoms with Crippen molar-refractivity contribution >= 4 is 11.6 Å². The lowest BCUT2D eigenvalue weighted by atomic mass is 9.96. The lowest BCUT2D eigenvalue weighted by Gasteiger charge is -2.15. The summed E-state index contributed by atoms with van der Waals surface area (Å²) >= 11 is 5.81. The molecule has 0 saturated heterocycles. The van der Waals surface area contributed by atoms with Gasteiger partial charge < -0.3 is 10.5 Å². The molecule has 0 aliphatic carbocycles. The second kappa shape index (κ2) is 5.08. The molecule has 0 radical (unpaired) electrons. The molecule has 3 rings (SSSR count). The monoisotopic (exact) mass is 291 g/mol. The molecule has 2 nitrogen and oxygen atoms in total. The molecule has 0 aromatic heterocycles. The highest BCUT2D eigenvalue weighted by Gasteiger charge is 2.22. The van der Waals surface area contributed by atoms with E-state index in [4.69, 9.17) is 22.1 Å². The number of hydrogen-bond acceptors (Lipinski definition) is 2. The Kier molecular flexibility index (Phi) is 3.40. The van der Waals surface area contributed by atoms with Crippen LogP contribution in [0.3, 0.4) is 0 Å². The van der Waals surface area contributed by atoms with Gasteiger partial charge in [0.15, 0.2) is 0 Å². The standard InChI is InChI=1S/C16H15ClFNO/c1-9-7-11-8-10(5-6-14(11)20-9)16(19)12-3-2-4-13(17)15(12)18/h2-6,8-9,16H,7,19H2,1H3. The van der Waals surface area contributed by atoms with E-state index in [0.29, 0.717) is 5.56 Å². The molecule has 2 aromatic carbocycles. The second-order valence-electron chi connectivity index (χ2n) is 5.12. The van der Waals surface area contributed by atoms with Gasteiger partial charge in [-0.25, -0.2) is 4.39 Å². The third kappa shape index (κ3) is 2.28. The molecule has 20 heavy (non-hydrogen) atoms. The average Bonchev–Trinajstić information content (AvgIpc) is 2.80. The molecule has 2 aromatic rings. The number of fused-ring (bicyclic) bond motifs is 1. The summed E-state index contributed by atoms with van der Waals surface area (Å²) in [5.74, 6) is 0.437. The molecule has 1 heterocycles. The number of rotatable bonds is 2. The van der Waals surface area contributed by atoms with Gasteiger partial charge in [-0.05, 0) is 30.2 Å². The van der Waals surface area contributed by atoms with Crippen LogP contribution in [-0.4, -0.2) is 6.10 Å². The Labute approximate surface area is 122 Å². The molecule has 0 amide bonds. The largest absolute Gasteiger partial charge is 0.490 e. The topological polar surface area (TPSA) is 35.2 Å². The Morgan fingerprint density at radius 1 is 1.35 bits per heavy atom. The fraction of sp³-hybridized carbons (Fsp3) is 0.250. The van der Waals surface area contributed by atoms with Crippen molar-refractivity contribution in [1.29, 1.82) is 0 Å². The van der Waals surface area contributed by atoms with Crippen LogP contribution < -0.4 is 10.5 Å². The fourth-order valence-corrected chi connectivity index (χ4v) is 2.76. The molecule has 0 bridgehead atoms. The molecule has 1 aliphatic heterocycles. The van der Waals surface area contributed by atoms with Gasteiger partial charge in [0.2, 0.25) is 0 Å². The third-order valence-corrected chi connectivity index (χ3v) is 3.89. The number of nitrogens with two attached hydrogens (primary N) is 1. The first-order chi connectivity index (χ1) is 9.56. The fourth-order valence-electron chi connectivity index (χ4n) is 2.58. The predicted octanol–water partition coefficient (Wildman–Crippen LogP) is 3.85. The maximum Gasteiger partial charge on any atom is 0.146 e. The van der Waals surface area contributed by atoms with Crippen molar-refractivity contribution in [3.05, 3.63) is 63.9 Å². The summed E-state index contributed by atoms with van der Waals surface area (Å²) in [6.07, 6.45) is 1.04. The summed E-state index contributed by atoms with van der Waals surface area (Å²) in [5, 5.41) is 0.0936. The zero-order valence-electron chi connectivity index (χ0n) is 11.1. The minimum Gasteiger partial charge on any atom is -0.490 e. The maximum absolute atomic E-state index is 14.0. The molecule has 2 atom stereocenters. The first-order valence-corrected chi connectivity index (χ1v) is 6.93. The predicted molar refractivity (Wildman–Crippen MR) is 77.7 cm³/mol. The first-order valence-electron chi connectivity index (χ1n) is 6.55. The van der Waals surface area contributed by atoms with Crippen LogP contribution in [0.1, 0.15) is 29.7 Å². The van der Waals surface area contributed by atoms with Crippen molar-refractivity contribution < 1.29 is 9.13 Å². The lowest BCUT2D eigenvalue weighted by Crippen LogP contribution is -2.14. The summed E-state index contributed by atoms with van der Waals surface area (Å²) in [4.78, 5) is 0. The summed E-state index contributed by atoms with van der Waals surface area (Å²) in [6, 6.07) is 10.1. The molecular formula is C16H15ClFNO. The van der Waals surface area contributed by atoms with E-state index in [1.807, 2.05) is 25.1 Å². The number of ether oxygens (including phenoxy) is 1. The van der Waals surface area contributed by atoms with Crippen LogP contribution in [0.15, 0.2) is 36.4 Å². The van der Waals surface area contributed by atoms with Crippen LogP contribution >= 0.6 is 11.6 Å². The summed E-state index contributed by atoms with van der Waals surface area (Å²) in [7, 11) is 0. The van der Waals surface area contributed by atoms with Crippen LogP contribution in [-0.2, 0) is 6.42 Å². The average molecular weight is 292 g/mol. The summed E-state index contributed by atoms with van der Waals surface area (Å²) in [6.45, 7) is 2.02. The van der Waals surface area contributed by atoms with Crippen LogP contribution in [0.5, 0.6) is 5.75 Å². The quantitative estimate of drug-likeness (QED) is 0.912. The molecule has 0 fully saturated rings. The van der Waals surface area contributed by atoms with Crippen LogP contribution in [0, 0.1) is 5.82 Å². The van der Waals surface area contributed by atoms with Gasteiger partial charge in [-0.2, -0.15) is 0 Å². The normalized spacial score (nSPS) is 18.5. The van der Waals surface area contributed by atoms with E-state index >= 15 is 0 Å². The van der Waals surface area contributed by atoms with Crippen molar-refractivity contribution in [2.75, 3.05) is 0 Å². The highest BCUT2D eigenvalue weighted by Crippen LogP contribution is 2.33. The first kappa shape index (κ1) is 13.4. The van der Waals surface area contributed by atoms with Gasteiger partial charge in [0, 0.05) is 12.0 Å². The number of halogens is 2. The van der Waals surface area contributed by atoms with E-state index in [2.05, 4.69) is 0 Å². The lowest BCUT2D eigenvalue weighted by molar-refractivity contribution is 0.254. The smallest absolute Gasteiger partial charge is 0.146 e. The van der Waals surface area contributed by atoms with Crippen molar-refractivity contribution in [2.45, 2.75) is 25.5 Å². The highest BCUT2D eigenvalue weighted by atomic mass is 35.5.